The average molecular weight is 392 g/mol. The molecule has 1 amide bonds. The third-order valence-electron chi connectivity index (χ3n) is 5.07. The van der Waals surface area contributed by atoms with Gasteiger partial charge in [-0.05, 0) is 56.2 Å². The molecule has 6 heteroatoms. The number of hydrogen-bond acceptors (Lipinski definition) is 5. The summed E-state index contributed by atoms with van der Waals surface area (Å²) < 4.78 is 16.6. The van der Waals surface area contributed by atoms with Gasteiger partial charge >= 0.3 is 5.97 Å². The fraction of sp³-hybridized carbons (Fsp3) is 0.636. The smallest absolute Gasteiger partial charge is 0.341 e. The Balaban J connectivity index is 2.23. The van der Waals surface area contributed by atoms with E-state index in [1.54, 1.807) is 32.2 Å². The van der Waals surface area contributed by atoms with E-state index < -0.39 is 11.6 Å². The van der Waals surface area contributed by atoms with Gasteiger partial charge in [-0.3, -0.25) is 4.79 Å². The summed E-state index contributed by atoms with van der Waals surface area (Å²) in [6, 6.07) is 5.06. The number of benzene rings is 1. The number of methoxy groups -OCH3 is 1. The van der Waals surface area contributed by atoms with Gasteiger partial charge in [0.2, 0.25) is 0 Å². The molecule has 0 saturated heterocycles. The zero-order chi connectivity index (χ0) is 20.7. The van der Waals surface area contributed by atoms with Crippen molar-refractivity contribution < 1.29 is 23.8 Å². The fourth-order valence-corrected chi connectivity index (χ4v) is 3.59. The lowest BCUT2D eigenvalue weighted by Crippen LogP contribution is -2.47. The number of ether oxygens (including phenoxy) is 3. The van der Waals surface area contributed by atoms with Gasteiger partial charge in [0.1, 0.15) is 16.9 Å². The minimum atomic E-state index is -0.825. The SMILES string of the molecule is CCOC(=O)c1cc(NC(=O)[C@@]2(OC)CCC[C@@H](C)C2)ccc1OCC(C)C. The molecule has 1 saturated carbocycles. The predicted octanol–water partition coefficient (Wildman–Crippen LogP) is 4.43. The molecule has 2 atom stereocenters. The molecule has 2 rings (SSSR count). The lowest BCUT2D eigenvalue weighted by atomic mass is 9.78. The standard InChI is InChI=1S/C22H33NO5/c1-6-27-20(24)18-12-17(9-10-19(18)28-14-15(2)3)23-21(25)22(26-5)11-7-8-16(4)13-22/h9-10,12,15-16H,6-8,11,13-14H2,1-5H3,(H,23,25)/t16-,22-/m1/s1. The van der Waals surface area contributed by atoms with Gasteiger partial charge in [-0.25, -0.2) is 4.79 Å². The highest BCUT2D eigenvalue weighted by molar-refractivity contribution is 5.99. The Morgan fingerprint density at radius 3 is 2.68 bits per heavy atom. The summed E-state index contributed by atoms with van der Waals surface area (Å²) in [6.07, 6.45) is 3.45. The molecule has 156 valence electrons. The Labute approximate surface area is 167 Å². The second-order valence-electron chi connectivity index (χ2n) is 7.99. The second-order valence-corrected chi connectivity index (χ2v) is 7.99. The number of carbonyl (C=O) groups is 2. The molecule has 1 aromatic carbocycles. The van der Waals surface area contributed by atoms with E-state index >= 15 is 0 Å². The van der Waals surface area contributed by atoms with E-state index in [0.29, 0.717) is 48.3 Å². The Kier molecular flexibility index (Phi) is 7.87. The average Bonchev–Trinajstić information content (AvgIpc) is 2.66. The van der Waals surface area contributed by atoms with Crippen molar-refractivity contribution in [3.63, 3.8) is 0 Å². The van der Waals surface area contributed by atoms with Gasteiger partial charge in [-0.2, -0.15) is 0 Å². The van der Waals surface area contributed by atoms with Crippen LogP contribution in [-0.2, 0) is 14.3 Å². The van der Waals surface area contributed by atoms with Gasteiger partial charge < -0.3 is 19.5 Å². The summed E-state index contributed by atoms with van der Waals surface area (Å²) in [6.45, 7) is 8.72. The molecular formula is C22H33NO5. The van der Waals surface area contributed by atoms with Crippen LogP contribution in [0.25, 0.3) is 0 Å². The minimum absolute atomic E-state index is 0.174. The maximum absolute atomic E-state index is 13.0. The zero-order valence-electron chi connectivity index (χ0n) is 17.7. The highest BCUT2D eigenvalue weighted by atomic mass is 16.5. The molecular weight excluding hydrogens is 358 g/mol. The molecule has 0 unspecified atom stereocenters. The molecule has 1 N–H and O–H groups in total. The van der Waals surface area contributed by atoms with Crippen LogP contribution in [0.2, 0.25) is 0 Å². The van der Waals surface area contributed by atoms with Crippen LogP contribution >= 0.6 is 0 Å². The third kappa shape index (κ3) is 5.47. The number of amides is 1. The van der Waals surface area contributed by atoms with Crippen molar-refractivity contribution in [3.8, 4) is 5.75 Å². The normalized spacial score (nSPS) is 22.0. The molecule has 0 bridgehead atoms. The summed E-state index contributed by atoms with van der Waals surface area (Å²) in [5.41, 5.74) is 0.0116. The van der Waals surface area contributed by atoms with E-state index in [-0.39, 0.29) is 12.5 Å². The predicted molar refractivity (Wildman–Crippen MR) is 109 cm³/mol. The first kappa shape index (κ1) is 22.2. The molecule has 0 heterocycles. The maximum Gasteiger partial charge on any atom is 0.341 e. The van der Waals surface area contributed by atoms with Gasteiger partial charge in [0.05, 0.1) is 13.2 Å². The summed E-state index contributed by atoms with van der Waals surface area (Å²) in [5, 5.41) is 2.93. The van der Waals surface area contributed by atoms with E-state index in [1.165, 1.54) is 0 Å². The summed E-state index contributed by atoms with van der Waals surface area (Å²) in [7, 11) is 1.59. The van der Waals surface area contributed by atoms with Crippen LogP contribution in [0.4, 0.5) is 5.69 Å². The molecule has 0 spiro atoms. The van der Waals surface area contributed by atoms with E-state index in [2.05, 4.69) is 12.2 Å². The van der Waals surface area contributed by atoms with Crippen molar-refractivity contribution >= 4 is 17.6 Å². The van der Waals surface area contributed by atoms with Crippen LogP contribution in [0.15, 0.2) is 18.2 Å². The van der Waals surface area contributed by atoms with Crippen LogP contribution in [0.5, 0.6) is 5.75 Å². The fourth-order valence-electron chi connectivity index (χ4n) is 3.59. The number of rotatable bonds is 8. The quantitative estimate of drug-likeness (QED) is 0.664. The van der Waals surface area contributed by atoms with Crippen molar-refractivity contribution in [2.45, 2.75) is 59.0 Å². The van der Waals surface area contributed by atoms with Crippen molar-refractivity contribution in [2.75, 3.05) is 25.6 Å². The Bertz CT molecular complexity index is 688. The van der Waals surface area contributed by atoms with Gasteiger partial charge in [-0.15, -0.1) is 0 Å². The van der Waals surface area contributed by atoms with E-state index in [9.17, 15) is 9.59 Å². The molecule has 0 aliphatic heterocycles. The molecule has 0 aromatic heterocycles. The second kappa shape index (κ2) is 9.92. The van der Waals surface area contributed by atoms with Gasteiger partial charge in [0.15, 0.2) is 0 Å². The summed E-state index contributed by atoms with van der Waals surface area (Å²) in [4.78, 5) is 25.4. The van der Waals surface area contributed by atoms with Gasteiger partial charge in [-0.1, -0.05) is 27.2 Å². The highest BCUT2D eigenvalue weighted by Gasteiger charge is 2.42. The van der Waals surface area contributed by atoms with Crippen LogP contribution in [0.1, 0.15) is 63.7 Å². The number of anilines is 1. The molecule has 1 aliphatic carbocycles. The van der Waals surface area contributed by atoms with Crippen molar-refractivity contribution in [1.29, 1.82) is 0 Å². The molecule has 1 aromatic rings. The monoisotopic (exact) mass is 391 g/mol. The van der Waals surface area contributed by atoms with Crippen LogP contribution in [-0.4, -0.2) is 37.8 Å². The van der Waals surface area contributed by atoms with E-state index in [1.807, 2.05) is 13.8 Å². The Hall–Kier alpha value is -2.08. The first-order chi connectivity index (χ1) is 13.3. The van der Waals surface area contributed by atoms with Crippen LogP contribution in [0, 0.1) is 11.8 Å². The summed E-state index contributed by atoms with van der Waals surface area (Å²) in [5.74, 6) is 0.570. The number of esters is 1. The number of carbonyl (C=O) groups excluding carboxylic acids is 2. The van der Waals surface area contributed by atoms with E-state index in [4.69, 9.17) is 14.2 Å². The molecule has 28 heavy (non-hydrogen) atoms. The molecule has 1 fully saturated rings. The molecule has 1 aliphatic rings. The maximum atomic E-state index is 13.0. The first-order valence-corrected chi connectivity index (χ1v) is 10.1. The van der Waals surface area contributed by atoms with Crippen LogP contribution in [0.3, 0.4) is 0 Å². The molecule has 0 radical (unpaired) electrons. The van der Waals surface area contributed by atoms with Crippen molar-refractivity contribution in [2.24, 2.45) is 11.8 Å². The minimum Gasteiger partial charge on any atom is -0.492 e. The van der Waals surface area contributed by atoms with Crippen molar-refractivity contribution in [1.82, 2.24) is 0 Å². The van der Waals surface area contributed by atoms with Crippen LogP contribution < -0.4 is 10.1 Å². The van der Waals surface area contributed by atoms with Gasteiger partial charge in [0, 0.05) is 12.8 Å². The topological polar surface area (TPSA) is 73.9 Å². The lowest BCUT2D eigenvalue weighted by Gasteiger charge is -2.37. The molecule has 6 nitrogen and oxygen atoms in total. The zero-order valence-corrected chi connectivity index (χ0v) is 17.7. The van der Waals surface area contributed by atoms with E-state index in [0.717, 1.165) is 12.8 Å². The summed E-state index contributed by atoms with van der Waals surface area (Å²) >= 11 is 0. The third-order valence-corrected chi connectivity index (χ3v) is 5.07. The Morgan fingerprint density at radius 2 is 2.07 bits per heavy atom. The van der Waals surface area contributed by atoms with Crippen molar-refractivity contribution in [3.05, 3.63) is 23.8 Å². The Morgan fingerprint density at radius 1 is 1.32 bits per heavy atom. The highest BCUT2D eigenvalue weighted by Crippen LogP contribution is 2.36. The number of hydrogen-bond donors (Lipinski definition) is 1. The van der Waals surface area contributed by atoms with Gasteiger partial charge in [0.25, 0.3) is 5.91 Å². The largest absolute Gasteiger partial charge is 0.492 e. The number of nitrogens with one attached hydrogen (secondary N) is 1. The lowest BCUT2D eigenvalue weighted by molar-refractivity contribution is -0.143. The first-order valence-electron chi connectivity index (χ1n) is 10.1.